The second-order valence-electron chi connectivity index (χ2n) is 5.23. The standard InChI is InChI=1S/C18H19F2NO3/c1-12(16-8-3-13(19)11-17(16)20)21-18(22)9-10-24-15-6-4-14(23-2)5-7-15/h3-8,11-12H,9-10H2,1-2H3,(H,21,22). The first-order chi connectivity index (χ1) is 11.5. The van der Waals surface area contributed by atoms with Crippen molar-refractivity contribution in [1.29, 1.82) is 0 Å². The van der Waals surface area contributed by atoms with Crippen LogP contribution in [0.2, 0.25) is 0 Å². The Bertz CT molecular complexity index is 689. The molecule has 128 valence electrons. The van der Waals surface area contributed by atoms with Gasteiger partial charge in [0.2, 0.25) is 5.91 Å². The number of ether oxygens (including phenoxy) is 2. The number of methoxy groups -OCH3 is 1. The van der Waals surface area contributed by atoms with Crippen molar-refractivity contribution in [3.05, 3.63) is 59.7 Å². The molecule has 0 aliphatic carbocycles. The lowest BCUT2D eigenvalue weighted by molar-refractivity contribution is -0.122. The minimum atomic E-state index is -0.683. The van der Waals surface area contributed by atoms with Crippen LogP contribution in [0.4, 0.5) is 8.78 Å². The Morgan fingerprint density at radius 1 is 1.12 bits per heavy atom. The quantitative estimate of drug-likeness (QED) is 0.841. The van der Waals surface area contributed by atoms with E-state index in [1.165, 1.54) is 6.07 Å². The first kappa shape index (κ1) is 17.7. The molecule has 1 amide bonds. The summed E-state index contributed by atoms with van der Waals surface area (Å²) >= 11 is 0. The molecule has 1 N–H and O–H groups in total. The molecule has 6 heteroatoms. The average Bonchev–Trinajstić information content (AvgIpc) is 2.55. The number of halogens is 2. The number of rotatable bonds is 7. The molecular formula is C18H19F2NO3. The predicted octanol–water partition coefficient (Wildman–Crippen LogP) is 3.62. The number of nitrogens with one attached hydrogen (secondary N) is 1. The van der Waals surface area contributed by atoms with E-state index in [-0.39, 0.29) is 24.5 Å². The van der Waals surface area contributed by atoms with Crippen LogP contribution in [0.3, 0.4) is 0 Å². The molecule has 0 bridgehead atoms. The van der Waals surface area contributed by atoms with Crippen molar-refractivity contribution in [1.82, 2.24) is 5.32 Å². The molecule has 1 unspecified atom stereocenters. The van der Waals surface area contributed by atoms with E-state index in [0.717, 1.165) is 17.9 Å². The highest BCUT2D eigenvalue weighted by atomic mass is 19.1. The van der Waals surface area contributed by atoms with Crippen LogP contribution in [-0.2, 0) is 4.79 Å². The Labute approximate surface area is 139 Å². The van der Waals surface area contributed by atoms with Gasteiger partial charge < -0.3 is 14.8 Å². The molecule has 2 rings (SSSR count). The fraction of sp³-hybridized carbons (Fsp3) is 0.278. The van der Waals surface area contributed by atoms with E-state index in [2.05, 4.69) is 5.32 Å². The van der Waals surface area contributed by atoms with Gasteiger partial charge in [-0.15, -0.1) is 0 Å². The third-order valence-electron chi connectivity index (χ3n) is 3.46. The van der Waals surface area contributed by atoms with Crippen molar-refractivity contribution in [2.45, 2.75) is 19.4 Å². The van der Waals surface area contributed by atoms with Gasteiger partial charge in [0, 0.05) is 11.6 Å². The summed E-state index contributed by atoms with van der Waals surface area (Å²) in [5.74, 6) is -0.267. The molecule has 0 saturated carbocycles. The molecule has 2 aromatic carbocycles. The normalized spacial score (nSPS) is 11.7. The van der Waals surface area contributed by atoms with Crippen LogP contribution < -0.4 is 14.8 Å². The van der Waals surface area contributed by atoms with Crippen LogP contribution in [0.25, 0.3) is 0 Å². The summed E-state index contributed by atoms with van der Waals surface area (Å²) in [6, 6.07) is 9.73. The van der Waals surface area contributed by atoms with Crippen LogP contribution in [0.1, 0.15) is 24.9 Å². The van der Waals surface area contributed by atoms with Gasteiger partial charge >= 0.3 is 0 Å². The molecular weight excluding hydrogens is 316 g/mol. The van der Waals surface area contributed by atoms with Gasteiger partial charge in [0.25, 0.3) is 0 Å². The van der Waals surface area contributed by atoms with Crippen LogP contribution in [-0.4, -0.2) is 19.6 Å². The number of hydrogen-bond donors (Lipinski definition) is 1. The van der Waals surface area contributed by atoms with Gasteiger partial charge in [0.1, 0.15) is 23.1 Å². The zero-order chi connectivity index (χ0) is 17.5. The second-order valence-corrected chi connectivity index (χ2v) is 5.23. The largest absolute Gasteiger partial charge is 0.497 e. The van der Waals surface area contributed by atoms with Gasteiger partial charge in [-0.05, 0) is 37.3 Å². The first-order valence-electron chi connectivity index (χ1n) is 7.50. The van der Waals surface area contributed by atoms with Crippen LogP contribution in [0, 0.1) is 11.6 Å². The third kappa shape index (κ3) is 4.94. The van der Waals surface area contributed by atoms with Gasteiger partial charge in [-0.1, -0.05) is 6.07 Å². The maximum Gasteiger partial charge on any atom is 0.223 e. The lowest BCUT2D eigenvalue weighted by Gasteiger charge is -2.15. The minimum Gasteiger partial charge on any atom is -0.497 e. The minimum absolute atomic E-state index is 0.124. The van der Waals surface area contributed by atoms with Gasteiger partial charge in [-0.3, -0.25) is 4.79 Å². The van der Waals surface area contributed by atoms with Crippen LogP contribution in [0.5, 0.6) is 11.5 Å². The smallest absolute Gasteiger partial charge is 0.223 e. The second kappa shape index (κ2) is 8.29. The molecule has 2 aromatic rings. The van der Waals surface area contributed by atoms with Gasteiger partial charge in [-0.2, -0.15) is 0 Å². The van der Waals surface area contributed by atoms with Crippen molar-refractivity contribution in [2.75, 3.05) is 13.7 Å². The summed E-state index contributed by atoms with van der Waals surface area (Å²) in [4.78, 5) is 11.9. The maximum atomic E-state index is 13.7. The summed E-state index contributed by atoms with van der Waals surface area (Å²) in [6.45, 7) is 1.83. The Hall–Kier alpha value is -2.63. The van der Waals surface area contributed by atoms with E-state index in [0.29, 0.717) is 5.75 Å². The lowest BCUT2D eigenvalue weighted by Crippen LogP contribution is -2.28. The number of carbonyl (C=O) groups is 1. The van der Waals surface area contributed by atoms with E-state index >= 15 is 0 Å². The van der Waals surface area contributed by atoms with Crippen molar-refractivity contribution >= 4 is 5.91 Å². The Morgan fingerprint density at radius 3 is 2.42 bits per heavy atom. The molecule has 0 aliphatic heterocycles. The van der Waals surface area contributed by atoms with Crippen molar-refractivity contribution in [2.24, 2.45) is 0 Å². The molecule has 24 heavy (non-hydrogen) atoms. The van der Waals surface area contributed by atoms with Gasteiger partial charge in [0.15, 0.2) is 0 Å². The fourth-order valence-corrected chi connectivity index (χ4v) is 2.18. The molecule has 0 heterocycles. The first-order valence-corrected chi connectivity index (χ1v) is 7.50. The van der Waals surface area contributed by atoms with Gasteiger partial charge in [-0.25, -0.2) is 8.78 Å². The van der Waals surface area contributed by atoms with Crippen LogP contribution >= 0.6 is 0 Å². The number of hydrogen-bond acceptors (Lipinski definition) is 3. The number of benzene rings is 2. The van der Waals surface area contributed by atoms with Crippen molar-refractivity contribution < 1.29 is 23.0 Å². The molecule has 4 nitrogen and oxygen atoms in total. The van der Waals surface area contributed by atoms with E-state index in [4.69, 9.17) is 9.47 Å². The highest BCUT2D eigenvalue weighted by Crippen LogP contribution is 2.18. The van der Waals surface area contributed by atoms with E-state index in [1.807, 2.05) is 0 Å². The maximum absolute atomic E-state index is 13.7. The van der Waals surface area contributed by atoms with Crippen molar-refractivity contribution in [3.63, 3.8) is 0 Å². The van der Waals surface area contributed by atoms with E-state index in [1.54, 1.807) is 38.3 Å². The third-order valence-corrected chi connectivity index (χ3v) is 3.46. The average molecular weight is 335 g/mol. The Morgan fingerprint density at radius 2 is 1.79 bits per heavy atom. The van der Waals surface area contributed by atoms with E-state index in [9.17, 15) is 13.6 Å². The fourth-order valence-electron chi connectivity index (χ4n) is 2.18. The van der Waals surface area contributed by atoms with Gasteiger partial charge in [0.05, 0.1) is 26.2 Å². The summed E-state index contributed by atoms with van der Waals surface area (Å²) in [5, 5.41) is 2.66. The summed E-state index contributed by atoms with van der Waals surface area (Å²) in [6.07, 6.45) is 0.124. The Balaban J connectivity index is 1.79. The zero-order valence-electron chi connectivity index (χ0n) is 13.5. The highest BCUT2D eigenvalue weighted by Gasteiger charge is 2.14. The molecule has 0 radical (unpaired) electrons. The van der Waals surface area contributed by atoms with Crippen LogP contribution in [0.15, 0.2) is 42.5 Å². The number of carbonyl (C=O) groups excluding carboxylic acids is 1. The highest BCUT2D eigenvalue weighted by molar-refractivity contribution is 5.76. The lowest BCUT2D eigenvalue weighted by atomic mass is 10.1. The molecule has 0 saturated heterocycles. The molecule has 0 aliphatic rings. The molecule has 0 spiro atoms. The van der Waals surface area contributed by atoms with Crippen molar-refractivity contribution in [3.8, 4) is 11.5 Å². The summed E-state index contributed by atoms with van der Waals surface area (Å²) < 4.78 is 37.1. The predicted molar refractivity (Wildman–Crippen MR) is 86.0 cm³/mol. The molecule has 0 fully saturated rings. The molecule has 1 atom stereocenters. The summed E-state index contributed by atoms with van der Waals surface area (Å²) in [7, 11) is 1.57. The monoisotopic (exact) mass is 335 g/mol. The Kier molecular flexibility index (Phi) is 6.12. The summed E-state index contributed by atoms with van der Waals surface area (Å²) in [5.41, 5.74) is 0.237. The zero-order valence-corrected chi connectivity index (χ0v) is 13.5. The number of amides is 1. The topological polar surface area (TPSA) is 47.6 Å². The molecule has 0 aromatic heterocycles. The van der Waals surface area contributed by atoms with E-state index < -0.39 is 17.7 Å². The SMILES string of the molecule is COc1ccc(OCCC(=O)NC(C)c2ccc(F)cc2F)cc1.